The molecule has 0 heterocycles. The van der Waals surface area contributed by atoms with Crippen molar-refractivity contribution in [3.8, 4) is 145 Å². The van der Waals surface area contributed by atoms with Crippen LogP contribution in [0.1, 0.15) is 25.0 Å². The van der Waals surface area contributed by atoms with E-state index in [1.807, 2.05) is 0 Å². The van der Waals surface area contributed by atoms with E-state index < -0.39 is 0 Å². The van der Waals surface area contributed by atoms with Gasteiger partial charge in [-0.15, -0.1) is 0 Å². The van der Waals surface area contributed by atoms with Crippen LogP contribution in [0.15, 0.2) is 461 Å². The van der Waals surface area contributed by atoms with Crippen LogP contribution in [-0.2, 0) is 5.41 Å². The van der Waals surface area contributed by atoms with Crippen molar-refractivity contribution in [1.29, 1.82) is 0 Å². The van der Waals surface area contributed by atoms with Gasteiger partial charge < -0.3 is 0 Å². The van der Waals surface area contributed by atoms with E-state index in [-0.39, 0.29) is 5.41 Å². The molecule has 0 amide bonds. The Morgan fingerprint density at radius 3 is 0.752 bits per heavy atom. The van der Waals surface area contributed by atoms with Crippen molar-refractivity contribution < 1.29 is 0 Å². The molecule has 0 nitrogen and oxygen atoms in total. The van der Waals surface area contributed by atoms with Crippen molar-refractivity contribution in [3.63, 3.8) is 0 Å². The van der Waals surface area contributed by atoms with Gasteiger partial charge in [0.25, 0.3) is 0 Å². The van der Waals surface area contributed by atoms with E-state index >= 15 is 0 Å². The first-order valence-corrected chi connectivity index (χ1v) is 42.2. The van der Waals surface area contributed by atoms with Crippen molar-refractivity contribution in [2.75, 3.05) is 0 Å². The van der Waals surface area contributed by atoms with Gasteiger partial charge in [0.1, 0.15) is 0 Å². The van der Waals surface area contributed by atoms with Crippen molar-refractivity contribution in [1.82, 2.24) is 0 Å². The SMILES string of the molecule is CC1(C)c2ccccc2-c2ccc(-c3c4ccccc4c(-c4ccc5c(-c6ccc(-c7ccccc7)cc6)c6ccccc6c(-c6ccc(-c7ccccc7)cc6)c5c4)c4ccccc34)cc21.c1ccc(-c2ccc(-c3c4ccccc4c(-c4ccc(-c5ccccc5)cc4)c4cc(-c5ccc(-c6cccc7ccccc67)cc5)ccc34)cc2)cc1. The maximum absolute atomic E-state index is 2.49. The van der Waals surface area contributed by atoms with Crippen LogP contribution in [0.2, 0.25) is 0 Å². The Morgan fingerprint density at radius 1 is 0.124 bits per heavy atom. The molecule has 0 bridgehead atoms. The first-order chi connectivity index (χ1) is 59.8. The minimum atomic E-state index is -0.0921. The molecule has 22 aromatic carbocycles. The molecule has 1 aliphatic carbocycles. The highest BCUT2D eigenvalue weighted by atomic mass is 14.4. The van der Waals surface area contributed by atoms with Crippen molar-refractivity contribution in [2.24, 2.45) is 0 Å². The highest BCUT2D eigenvalue weighted by Gasteiger charge is 2.36. The Balaban J connectivity index is 0.000000148. The van der Waals surface area contributed by atoms with E-state index in [0.717, 1.165) is 0 Å². The van der Waals surface area contributed by atoms with E-state index in [9.17, 15) is 0 Å². The average Bonchev–Trinajstić information content (AvgIpc) is 1.71. The molecule has 0 heteroatoms. The normalized spacial score (nSPS) is 12.1. The van der Waals surface area contributed by atoms with E-state index in [1.54, 1.807) is 0 Å². The number of benzene rings is 22. The first kappa shape index (κ1) is 72.1. The van der Waals surface area contributed by atoms with Crippen LogP contribution in [0, 0.1) is 0 Å². The summed E-state index contributed by atoms with van der Waals surface area (Å²) in [6, 6.07) is 170. The molecule has 0 saturated carbocycles. The Hall–Kier alpha value is -15.3. The summed E-state index contributed by atoms with van der Waals surface area (Å²) >= 11 is 0. The second kappa shape index (κ2) is 30.3. The molecular formula is C121H82. The van der Waals surface area contributed by atoms with Crippen LogP contribution in [0.5, 0.6) is 0 Å². The van der Waals surface area contributed by atoms with Gasteiger partial charge in [0.2, 0.25) is 0 Å². The van der Waals surface area contributed by atoms with Gasteiger partial charge in [0.15, 0.2) is 0 Å². The molecule has 1 aliphatic rings. The molecule has 0 atom stereocenters. The van der Waals surface area contributed by atoms with Gasteiger partial charge in [-0.05, 0) is 249 Å². The second-order valence-corrected chi connectivity index (χ2v) is 32.8. The van der Waals surface area contributed by atoms with Crippen molar-refractivity contribution in [3.05, 3.63) is 472 Å². The Kier molecular flexibility index (Phi) is 18.1. The second-order valence-electron chi connectivity index (χ2n) is 32.8. The molecule has 0 aromatic heterocycles. The topological polar surface area (TPSA) is 0 Å². The van der Waals surface area contributed by atoms with Crippen LogP contribution in [-0.4, -0.2) is 0 Å². The Bertz CT molecular complexity index is 7670. The van der Waals surface area contributed by atoms with E-state index in [0.29, 0.717) is 0 Å². The number of rotatable bonds is 12. The van der Waals surface area contributed by atoms with Crippen LogP contribution >= 0.6 is 0 Å². The molecule has 0 N–H and O–H groups in total. The monoisotopic (exact) mass is 1530 g/mol. The minimum Gasteiger partial charge on any atom is -0.0622 e. The molecule has 0 radical (unpaired) electrons. The highest BCUT2D eigenvalue weighted by Crippen LogP contribution is 2.54. The summed E-state index contributed by atoms with van der Waals surface area (Å²) in [4.78, 5) is 0. The largest absolute Gasteiger partial charge is 0.0622 e. The molecule has 0 fully saturated rings. The maximum atomic E-state index is 2.49. The van der Waals surface area contributed by atoms with Crippen LogP contribution < -0.4 is 0 Å². The highest BCUT2D eigenvalue weighted by molar-refractivity contribution is 6.26. The maximum Gasteiger partial charge on any atom is 0.0159 e. The van der Waals surface area contributed by atoms with Gasteiger partial charge in [-0.2, -0.15) is 0 Å². The summed E-state index contributed by atoms with van der Waals surface area (Å²) in [7, 11) is 0. The lowest BCUT2D eigenvalue weighted by atomic mass is 9.80. The van der Waals surface area contributed by atoms with Crippen LogP contribution in [0.25, 0.3) is 220 Å². The van der Waals surface area contributed by atoms with E-state index in [4.69, 9.17) is 0 Å². The van der Waals surface area contributed by atoms with Crippen molar-refractivity contribution >= 4 is 75.4 Å². The fourth-order valence-electron chi connectivity index (χ4n) is 19.7. The van der Waals surface area contributed by atoms with Gasteiger partial charge >= 0.3 is 0 Å². The molecule has 566 valence electrons. The molecular weight excluding hydrogens is 1450 g/mol. The third-order valence-electron chi connectivity index (χ3n) is 25.6. The summed E-state index contributed by atoms with van der Waals surface area (Å²) in [6.45, 7) is 4.75. The van der Waals surface area contributed by atoms with Gasteiger partial charge in [-0.3, -0.25) is 0 Å². The number of fused-ring (bicyclic) bond motifs is 10. The Labute approximate surface area is 706 Å². The van der Waals surface area contributed by atoms with Gasteiger partial charge in [0.05, 0.1) is 0 Å². The van der Waals surface area contributed by atoms with E-state index in [2.05, 4.69) is 475 Å². The third-order valence-corrected chi connectivity index (χ3v) is 25.6. The zero-order chi connectivity index (χ0) is 80.5. The average molecular weight is 1540 g/mol. The van der Waals surface area contributed by atoms with Crippen molar-refractivity contribution in [2.45, 2.75) is 19.3 Å². The van der Waals surface area contributed by atoms with Crippen LogP contribution in [0.4, 0.5) is 0 Å². The predicted octanol–water partition coefficient (Wildman–Crippen LogP) is 33.8. The number of hydrogen-bond donors (Lipinski definition) is 0. The summed E-state index contributed by atoms with van der Waals surface area (Å²) < 4.78 is 0. The summed E-state index contributed by atoms with van der Waals surface area (Å²) in [5.74, 6) is 0. The van der Waals surface area contributed by atoms with Crippen LogP contribution in [0.3, 0.4) is 0 Å². The zero-order valence-electron chi connectivity index (χ0n) is 67.4. The summed E-state index contributed by atoms with van der Waals surface area (Å²) in [6.07, 6.45) is 0. The first-order valence-electron chi connectivity index (χ1n) is 42.2. The van der Waals surface area contributed by atoms with E-state index in [1.165, 1.54) is 231 Å². The van der Waals surface area contributed by atoms with Gasteiger partial charge in [0, 0.05) is 5.41 Å². The molecule has 0 spiro atoms. The summed E-state index contributed by atoms with van der Waals surface area (Å²) in [5.41, 5.74) is 34.9. The lowest BCUT2D eigenvalue weighted by molar-refractivity contribution is 0.660. The standard InChI is InChI=1S/C67H46.C54H36/c1-67(2)61-28-16-15-21-51(61)52-39-37-50(42-62(52)67)66-57-26-13-11-24-55(57)65(56-25-12-14-27-58(56)66)49-38-40-59-60(41-49)64(48-35-31-46(32-36-48)44-19-7-4-8-20-44)54-23-10-9-22-53(54)63(59)47-33-29-45(30-34-47)43-17-5-3-6-18-43;1-3-12-37(13-4-1)39-24-30-44(31-25-39)53-49-19-9-10-20-50(49)54(45-32-26-40(27-33-45)38-14-5-2-6-15-38)52-36-46(34-35-51(52)53)41-22-28-43(29-23-41)48-21-11-17-42-16-7-8-18-47(42)48/h3-42H,1-2H3;1-36H. The third kappa shape index (κ3) is 12.8. The predicted molar refractivity (Wildman–Crippen MR) is 518 cm³/mol. The van der Waals surface area contributed by atoms with Gasteiger partial charge in [-0.25, -0.2) is 0 Å². The quantitative estimate of drug-likeness (QED) is 0.107. The molecule has 0 aliphatic heterocycles. The fraction of sp³-hybridized carbons (Fsp3) is 0.0248. The minimum absolute atomic E-state index is 0.0921. The molecule has 22 aromatic rings. The van der Waals surface area contributed by atoms with Gasteiger partial charge in [-0.1, -0.05) is 457 Å². The Morgan fingerprint density at radius 2 is 0.355 bits per heavy atom. The smallest absolute Gasteiger partial charge is 0.0159 e. The lowest BCUT2D eigenvalue weighted by Crippen LogP contribution is -2.14. The lowest BCUT2D eigenvalue weighted by Gasteiger charge is -2.23. The molecule has 23 rings (SSSR count). The zero-order valence-corrected chi connectivity index (χ0v) is 67.4. The number of hydrogen-bond acceptors (Lipinski definition) is 0. The molecule has 0 saturated heterocycles. The fourth-order valence-corrected chi connectivity index (χ4v) is 19.7. The summed E-state index contributed by atoms with van der Waals surface area (Å²) in [5, 5.41) is 17.5. The molecule has 0 unspecified atom stereocenters. The molecule has 121 heavy (non-hydrogen) atoms.